The maximum Gasteiger partial charge on any atom is 0.256 e. The fourth-order valence-electron chi connectivity index (χ4n) is 1.95. The van der Waals surface area contributed by atoms with Gasteiger partial charge in [0.2, 0.25) is 0 Å². The summed E-state index contributed by atoms with van der Waals surface area (Å²) in [5, 5.41) is 3.25. The lowest BCUT2D eigenvalue weighted by atomic mass is 10.1. The van der Waals surface area contributed by atoms with Crippen molar-refractivity contribution in [2.75, 3.05) is 19.6 Å². The second-order valence-electron chi connectivity index (χ2n) is 4.23. The minimum absolute atomic E-state index is 0.133. The number of halogens is 2. The van der Waals surface area contributed by atoms with Crippen LogP contribution in [0.4, 0.5) is 4.39 Å². The molecule has 1 fully saturated rings. The van der Waals surface area contributed by atoms with E-state index in [1.807, 2.05) is 6.92 Å². The Labute approximate surface area is 108 Å². The van der Waals surface area contributed by atoms with Crippen molar-refractivity contribution in [3.8, 4) is 0 Å². The number of rotatable bonds is 1. The van der Waals surface area contributed by atoms with Crippen LogP contribution in [-0.2, 0) is 0 Å². The first-order valence-corrected chi connectivity index (χ1v) is 6.35. The first-order valence-electron chi connectivity index (χ1n) is 5.55. The van der Waals surface area contributed by atoms with E-state index >= 15 is 0 Å². The first-order chi connectivity index (χ1) is 8.08. The van der Waals surface area contributed by atoms with E-state index in [-0.39, 0.29) is 17.5 Å². The molecule has 5 heteroatoms. The zero-order chi connectivity index (χ0) is 12.4. The lowest BCUT2D eigenvalue weighted by Gasteiger charge is -2.32. The van der Waals surface area contributed by atoms with Crippen LogP contribution in [0.3, 0.4) is 0 Å². The fraction of sp³-hybridized carbons (Fsp3) is 0.417. The van der Waals surface area contributed by atoms with E-state index in [9.17, 15) is 9.18 Å². The molecule has 1 aliphatic heterocycles. The summed E-state index contributed by atoms with van der Waals surface area (Å²) in [5.74, 6) is -0.707. The molecule has 92 valence electrons. The number of hydrogen-bond donors (Lipinski definition) is 1. The molecule has 2 rings (SSSR count). The summed E-state index contributed by atoms with van der Waals surface area (Å²) in [5.41, 5.74) is 0.133. The molecular formula is C12H14BrFN2O. The maximum absolute atomic E-state index is 13.6. The molecular weight excluding hydrogens is 287 g/mol. The maximum atomic E-state index is 13.6. The van der Waals surface area contributed by atoms with E-state index in [0.29, 0.717) is 17.6 Å². The Bertz CT molecular complexity index is 439. The number of benzene rings is 1. The van der Waals surface area contributed by atoms with Crippen molar-refractivity contribution in [2.45, 2.75) is 13.0 Å². The number of nitrogens with zero attached hydrogens (tertiary/aromatic N) is 1. The van der Waals surface area contributed by atoms with Crippen LogP contribution in [0.5, 0.6) is 0 Å². The zero-order valence-corrected chi connectivity index (χ0v) is 11.1. The molecule has 1 N–H and O–H groups in total. The van der Waals surface area contributed by atoms with Gasteiger partial charge in [0.15, 0.2) is 0 Å². The van der Waals surface area contributed by atoms with Crippen LogP contribution in [0.15, 0.2) is 22.7 Å². The molecule has 0 aliphatic carbocycles. The van der Waals surface area contributed by atoms with E-state index in [0.717, 1.165) is 6.54 Å². The number of piperazine rings is 1. The van der Waals surface area contributed by atoms with Crippen LogP contribution in [0, 0.1) is 5.82 Å². The first kappa shape index (κ1) is 12.5. The van der Waals surface area contributed by atoms with Crippen LogP contribution >= 0.6 is 15.9 Å². The van der Waals surface area contributed by atoms with Crippen molar-refractivity contribution in [3.63, 3.8) is 0 Å². The average molecular weight is 301 g/mol. The number of nitrogens with one attached hydrogen (secondary N) is 1. The molecule has 0 radical (unpaired) electrons. The van der Waals surface area contributed by atoms with Crippen molar-refractivity contribution in [3.05, 3.63) is 34.1 Å². The summed E-state index contributed by atoms with van der Waals surface area (Å²) in [7, 11) is 0. The van der Waals surface area contributed by atoms with E-state index in [4.69, 9.17) is 0 Å². The predicted molar refractivity (Wildman–Crippen MR) is 67.5 cm³/mol. The Balaban J connectivity index is 2.21. The molecule has 1 saturated heterocycles. The summed E-state index contributed by atoms with van der Waals surface area (Å²) in [6, 6.07) is 4.68. The summed E-state index contributed by atoms with van der Waals surface area (Å²) in [6.07, 6.45) is 0. The van der Waals surface area contributed by atoms with Gasteiger partial charge >= 0.3 is 0 Å². The van der Waals surface area contributed by atoms with Crippen LogP contribution in [0.25, 0.3) is 0 Å². The summed E-state index contributed by atoms with van der Waals surface area (Å²) >= 11 is 3.25. The third-order valence-electron chi connectivity index (χ3n) is 2.81. The fourth-order valence-corrected chi connectivity index (χ4v) is 2.31. The van der Waals surface area contributed by atoms with Gasteiger partial charge in [-0.25, -0.2) is 4.39 Å². The summed E-state index contributed by atoms with van der Waals surface area (Å²) < 4.78 is 14.3. The largest absolute Gasteiger partial charge is 0.336 e. The van der Waals surface area contributed by atoms with Gasteiger partial charge < -0.3 is 10.2 Å². The number of hydrogen-bond acceptors (Lipinski definition) is 2. The van der Waals surface area contributed by atoms with Crippen molar-refractivity contribution >= 4 is 21.8 Å². The molecule has 0 bridgehead atoms. The molecule has 1 aliphatic rings. The molecule has 0 saturated carbocycles. The van der Waals surface area contributed by atoms with E-state index in [1.54, 1.807) is 11.0 Å². The third kappa shape index (κ3) is 2.84. The Kier molecular flexibility index (Phi) is 3.79. The van der Waals surface area contributed by atoms with Gasteiger partial charge in [-0.3, -0.25) is 4.79 Å². The Morgan fingerprint density at radius 2 is 2.35 bits per heavy atom. The molecule has 1 amide bonds. The third-order valence-corrected chi connectivity index (χ3v) is 3.31. The Hall–Kier alpha value is -0.940. The monoisotopic (exact) mass is 300 g/mol. The Morgan fingerprint density at radius 3 is 3.06 bits per heavy atom. The normalized spacial score (nSPS) is 20.4. The molecule has 0 aromatic heterocycles. The molecule has 1 atom stereocenters. The molecule has 1 aromatic rings. The second kappa shape index (κ2) is 5.14. The van der Waals surface area contributed by atoms with Crippen LogP contribution in [0.2, 0.25) is 0 Å². The Morgan fingerprint density at radius 1 is 1.59 bits per heavy atom. The average Bonchev–Trinajstić information content (AvgIpc) is 2.31. The molecule has 1 aromatic carbocycles. The van der Waals surface area contributed by atoms with Crippen LogP contribution in [0.1, 0.15) is 17.3 Å². The molecule has 1 unspecified atom stereocenters. The summed E-state index contributed by atoms with van der Waals surface area (Å²) in [6.45, 7) is 4.00. The van der Waals surface area contributed by atoms with Gasteiger partial charge in [0.25, 0.3) is 5.91 Å². The van der Waals surface area contributed by atoms with E-state index in [1.165, 1.54) is 12.1 Å². The zero-order valence-electron chi connectivity index (χ0n) is 9.54. The van der Waals surface area contributed by atoms with Gasteiger partial charge in [-0.15, -0.1) is 0 Å². The van der Waals surface area contributed by atoms with E-state index in [2.05, 4.69) is 21.2 Å². The second-order valence-corrected chi connectivity index (χ2v) is 5.15. The van der Waals surface area contributed by atoms with Crippen molar-refractivity contribution < 1.29 is 9.18 Å². The molecule has 3 nitrogen and oxygen atoms in total. The number of carbonyl (C=O) groups excluding carboxylic acids is 1. The molecule has 0 spiro atoms. The number of carbonyl (C=O) groups is 1. The minimum Gasteiger partial charge on any atom is -0.336 e. The van der Waals surface area contributed by atoms with Gasteiger partial charge in [0, 0.05) is 30.1 Å². The van der Waals surface area contributed by atoms with Gasteiger partial charge in [0.05, 0.1) is 5.56 Å². The van der Waals surface area contributed by atoms with Gasteiger partial charge in [0.1, 0.15) is 5.82 Å². The number of amides is 1. The minimum atomic E-state index is -0.468. The van der Waals surface area contributed by atoms with Gasteiger partial charge in [-0.05, 0) is 25.1 Å². The van der Waals surface area contributed by atoms with Crippen LogP contribution < -0.4 is 5.32 Å². The topological polar surface area (TPSA) is 32.3 Å². The predicted octanol–water partition coefficient (Wildman–Crippen LogP) is 2.02. The van der Waals surface area contributed by atoms with Crippen molar-refractivity contribution in [2.24, 2.45) is 0 Å². The molecule has 17 heavy (non-hydrogen) atoms. The van der Waals surface area contributed by atoms with Crippen molar-refractivity contribution in [1.29, 1.82) is 0 Å². The highest BCUT2D eigenvalue weighted by molar-refractivity contribution is 9.10. The summed E-state index contributed by atoms with van der Waals surface area (Å²) in [4.78, 5) is 13.8. The van der Waals surface area contributed by atoms with E-state index < -0.39 is 5.82 Å². The van der Waals surface area contributed by atoms with Crippen LogP contribution in [-0.4, -0.2) is 36.5 Å². The molecule has 1 heterocycles. The highest BCUT2D eigenvalue weighted by Gasteiger charge is 2.23. The highest BCUT2D eigenvalue weighted by atomic mass is 79.9. The lowest BCUT2D eigenvalue weighted by molar-refractivity contribution is 0.0704. The van der Waals surface area contributed by atoms with Crippen molar-refractivity contribution in [1.82, 2.24) is 10.2 Å². The highest BCUT2D eigenvalue weighted by Crippen LogP contribution is 2.18. The lowest BCUT2D eigenvalue weighted by Crippen LogP contribution is -2.51. The smallest absolute Gasteiger partial charge is 0.256 e. The standard InChI is InChI=1S/C12H14BrFN2O/c1-8-7-16(5-4-15-8)12(17)10-6-9(13)2-3-11(10)14/h2-3,6,8,15H,4-5,7H2,1H3. The van der Waals surface area contributed by atoms with Gasteiger partial charge in [-0.1, -0.05) is 15.9 Å². The quantitative estimate of drug-likeness (QED) is 0.861. The SMILES string of the molecule is CC1CN(C(=O)c2cc(Br)ccc2F)CCN1. The van der Waals surface area contributed by atoms with Gasteiger partial charge in [-0.2, -0.15) is 0 Å².